The molecule has 0 spiro atoms. The topological polar surface area (TPSA) is 70.4 Å². The van der Waals surface area contributed by atoms with Gasteiger partial charge in [0.05, 0.1) is 11.4 Å². The van der Waals surface area contributed by atoms with Crippen LogP contribution in [0.3, 0.4) is 0 Å². The molecular formula is C18H22N4O. The Bertz CT molecular complexity index is 684. The molecule has 0 bridgehead atoms. The number of hydrogen-bond acceptors (Lipinski definition) is 4. The maximum absolute atomic E-state index is 12.3. The van der Waals surface area contributed by atoms with Crippen molar-refractivity contribution in [3.63, 3.8) is 0 Å². The lowest BCUT2D eigenvalue weighted by molar-refractivity contribution is 0.102. The van der Waals surface area contributed by atoms with Gasteiger partial charge in [0.2, 0.25) is 0 Å². The Hall–Kier alpha value is -2.53. The minimum Gasteiger partial charge on any atom is -0.397 e. The van der Waals surface area contributed by atoms with Crippen LogP contribution in [0.25, 0.3) is 0 Å². The smallest absolute Gasteiger partial charge is 0.255 e. The van der Waals surface area contributed by atoms with Crippen LogP contribution in [0.4, 0.5) is 17.1 Å². The van der Waals surface area contributed by atoms with Crippen LogP contribution in [0.5, 0.6) is 0 Å². The van der Waals surface area contributed by atoms with E-state index in [1.807, 2.05) is 36.4 Å². The Kier molecular flexibility index (Phi) is 4.48. The predicted octanol–water partition coefficient (Wildman–Crippen LogP) is 2.64. The van der Waals surface area contributed by atoms with E-state index in [4.69, 9.17) is 5.73 Å². The van der Waals surface area contributed by atoms with Crippen LogP contribution in [0, 0.1) is 0 Å². The lowest BCUT2D eigenvalue weighted by Gasteiger charge is -2.14. The molecule has 1 aliphatic heterocycles. The number of nitrogens with zero attached hydrogens (tertiary/aromatic N) is 1. The Labute approximate surface area is 136 Å². The van der Waals surface area contributed by atoms with E-state index in [0.717, 1.165) is 25.2 Å². The van der Waals surface area contributed by atoms with Gasteiger partial charge in [0, 0.05) is 23.8 Å². The number of likely N-dealkylation sites (tertiary alicyclic amines) is 1. The molecule has 1 atom stereocenters. The average molecular weight is 310 g/mol. The van der Waals surface area contributed by atoms with Crippen LogP contribution >= 0.6 is 0 Å². The number of amides is 1. The first-order valence-electron chi connectivity index (χ1n) is 7.83. The first-order valence-corrected chi connectivity index (χ1v) is 7.83. The van der Waals surface area contributed by atoms with Gasteiger partial charge in [0.1, 0.15) is 0 Å². The van der Waals surface area contributed by atoms with Crippen molar-refractivity contribution < 1.29 is 4.79 Å². The van der Waals surface area contributed by atoms with Crippen LogP contribution in [0.15, 0.2) is 48.5 Å². The maximum Gasteiger partial charge on any atom is 0.255 e. The molecule has 2 aromatic rings. The van der Waals surface area contributed by atoms with Crippen LogP contribution in [-0.4, -0.2) is 37.0 Å². The number of carbonyl (C=O) groups excluding carboxylic acids is 1. The van der Waals surface area contributed by atoms with E-state index in [2.05, 4.69) is 22.6 Å². The van der Waals surface area contributed by atoms with E-state index >= 15 is 0 Å². The zero-order valence-corrected chi connectivity index (χ0v) is 13.3. The largest absolute Gasteiger partial charge is 0.397 e. The number of nitrogen functional groups attached to an aromatic ring is 1. The number of benzene rings is 2. The summed E-state index contributed by atoms with van der Waals surface area (Å²) < 4.78 is 0. The van der Waals surface area contributed by atoms with Gasteiger partial charge in [-0.15, -0.1) is 0 Å². The SMILES string of the molecule is CN1CC[C@@H](Nc2ccc(C(=O)Nc3ccccc3N)cc2)C1. The third-order valence-electron chi connectivity index (χ3n) is 4.12. The monoisotopic (exact) mass is 310 g/mol. The number of anilines is 3. The Balaban J connectivity index is 1.62. The average Bonchev–Trinajstić information content (AvgIpc) is 2.95. The summed E-state index contributed by atoms with van der Waals surface area (Å²) in [7, 11) is 2.13. The fourth-order valence-electron chi connectivity index (χ4n) is 2.81. The van der Waals surface area contributed by atoms with Gasteiger partial charge in [-0.3, -0.25) is 4.79 Å². The van der Waals surface area contributed by atoms with Crippen LogP contribution in [-0.2, 0) is 0 Å². The molecule has 2 aromatic carbocycles. The molecule has 0 aliphatic carbocycles. The third-order valence-corrected chi connectivity index (χ3v) is 4.12. The molecule has 1 fully saturated rings. The number of nitrogens with two attached hydrogens (primary N) is 1. The molecule has 3 rings (SSSR count). The molecule has 0 aromatic heterocycles. The highest BCUT2D eigenvalue weighted by Gasteiger charge is 2.18. The van der Waals surface area contributed by atoms with E-state index in [1.165, 1.54) is 0 Å². The highest BCUT2D eigenvalue weighted by Crippen LogP contribution is 2.19. The van der Waals surface area contributed by atoms with Crippen molar-refractivity contribution in [2.24, 2.45) is 0 Å². The van der Waals surface area contributed by atoms with E-state index in [1.54, 1.807) is 12.1 Å². The number of nitrogens with one attached hydrogen (secondary N) is 2. The van der Waals surface area contributed by atoms with E-state index in [9.17, 15) is 4.79 Å². The summed E-state index contributed by atoms with van der Waals surface area (Å²) in [4.78, 5) is 14.6. The lowest BCUT2D eigenvalue weighted by atomic mass is 10.1. The summed E-state index contributed by atoms with van der Waals surface area (Å²) in [6, 6.07) is 15.3. The normalized spacial score (nSPS) is 17.9. The summed E-state index contributed by atoms with van der Waals surface area (Å²) in [5, 5.41) is 6.34. The zero-order valence-electron chi connectivity index (χ0n) is 13.3. The number of para-hydroxylation sites is 2. The van der Waals surface area contributed by atoms with Crippen molar-refractivity contribution in [2.45, 2.75) is 12.5 Å². The molecule has 1 heterocycles. The van der Waals surface area contributed by atoms with Gasteiger partial charge in [-0.2, -0.15) is 0 Å². The zero-order chi connectivity index (χ0) is 16.2. The Morgan fingerprint density at radius 3 is 2.57 bits per heavy atom. The summed E-state index contributed by atoms with van der Waals surface area (Å²) in [5.41, 5.74) is 8.69. The first-order chi connectivity index (χ1) is 11.1. The molecule has 0 saturated carbocycles. The molecule has 1 saturated heterocycles. The van der Waals surface area contributed by atoms with Gasteiger partial charge in [-0.1, -0.05) is 12.1 Å². The molecule has 1 aliphatic rings. The van der Waals surface area contributed by atoms with Crippen molar-refractivity contribution in [1.82, 2.24) is 4.90 Å². The van der Waals surface area contributed by atoms with Crippen LogP contribution in [0.2, 0.25) is 0 Å². The second-order valence-corrected chi connectivity index (χ2v) is 6.01. The first kappa shape index (κ1) is 15.4. The van der Waals surface area contributed by atoms with E-state index < -0.39 is 0 Å². The minimum atomic E-state index is -0.157. The van der Waals surface area contributed by atoms with Gasteiger partial charge < -0.3 is 21.3 Å². The van der Waals surface area contributed by atoms with E-state index in [0.29, 0.717) is 23.0 Å². The predicted molar refractivity (Wildman–Crippen MR) is 94.8 cm³/mol. The molecule has 0 radical (unpaired) electrons. The van der Waals surface area contributed by atoms with Gasteiger partial charge in [0.15, 0.2) is 0 Å². The molecular weight excluding hydrogens is 288 g/mol. The summed E-state index contributed by atoms with van der Waals surface area (Å²) in [5.74, 6) is -0.157. The second kappa shape index (κ2) is 6.71. The summed E-state index contributed by atoms with van der Waals surface area (Å²) in [6.45, 7) is 2.17. The van der Waals surface area contributed by atoms with Crippen LogP contribution < -0.4 is 16.4 Å². The fourth-order valence-corrected chi connectivity index (χ4v) is 2.81. The van der Waals surface area contributed by atoms with Gasteiger partial charge in [-0.25, -0.2) is 0 Å². The second-order valence-electron chi connectivity index (χ2n) is 6.01. The van der Waals surface area contributed by atoms with Crippen molar-refractivity contribution in [3.8, 4) is 0 Å². The van der Waals surface area contributed by atoms with Crippen molar-refractivity contribution in [2.75, 3.05) is 36.5 Å². The van der Waals surface area contributed by atoms with Crippen molar-refractivity contribution in [1.29, 1.82) is 0 Å². The molecule has 0 unspecified atom stereocenters. The van der Waals surface area contributed by atoms with Crippen molar-refractivity contribution >= 4 is 23.0 Å². The molecule has 5 nitrogen and oxygen atoms in total. The number of carbonyl (C=O) groups is 1. The fraction of sp³-hybridized carbons (Fsp3) is 0.278. The summed E-state index contributed by atoms with van der Waals surface area (Å²) in [6.07, 6.45) is 1.14. The lowest BCUT2D eigenvalue weighted by Crippen LogP contribution is -2.23. The maximum atomic E-state index is 12.3. The number of hydrogen-bond donors (Lipinski definition) is 3. The standard InChI is InChI=1S/C18H22N4O/c1-22-11-10-15(12-22)20-14-8-6-13(7-9-14)18(23)21-17-5-3-2-4-16(17)19/h2-9,15,20H,10-12,19H2,1H3,(H,21,23)/t15-/m1/s1. The van der Waals surface area contributed by atoms with Gasteiger partial charge in [-0.05, 0) is 56.4 Å². The number of likely N-dealkylation sites (N-methyl/N-ethyl adjacent to an activating group) is 1. The highest BCUT2D eigenvalue weighted by atomic mass is 16.1. The summed E-state index contributed by atoms with van der Waals surface area (Å²) >= 11 is 0. The minimum absolute atomic E-state index is 0.157. The third kappa shape index (κ3) is 3.81. The highest BCUT2D eigenvalue weighted by molar-refractivity contribution is 6.05. The molecule has 120 valence electrons. The molecule has 23 heavy (non-hydrogen) atoms. The Morgan fingerprint density at radius 2 is 1.91 bits per heavy atom. The Morgan fingerprint density at radius 1 is 1.17 bits per heavy atom. The van der Waals surface area contributed by atoms with Crippen molar-refractivity contribution in [3.05, 3.63) is 54.1 Å². The molecule has 5 heteroatoms. The number of rotatable bonds is 4. The van der Waals surface area contributed by atoms with Gasteiger partial charge >= 0.3 is 0 Å². The molecule has 4 N–H and O–H groups in total. The molecule has 1 amide bonds. The van der Waals surface area contributed by atoms with Gasteiger partial charge in [0.25, 0.3) is 5.91 Å². The van der Waals surface area contributed by atoms with Crippen LogP contribution in [0.1, 0.15) is 16.8 Å². The van der Waals surface area contributed by atoms with E-state index in [-0.39, 0.29) is 5.91 Å². The quantitative estimate of drug-likeness (QED) is 0.759.